The van der Waals surface area contributed by atoms with Crippen molar-refractivity contribution in [3.8, 4) is 0 Å². The third-order valence-electron chi connectivity index (χ3n) is 6.19. The predicted molar refractivity (Wildman–Crippen MR) is 109 cm³/mol. The molecule has 2 fully saturated rings. The van der Waals surface area contributed by atoms with Crippen LogP contribution in [-0.4, -0.2) is 53.0 Å². The number of carbonyl (C=O) groups excluding carboxylic acids is 2. The third kappa shape index (κ3) is 4.93. The first kappa shape index (κ1) is 22.3. The lowest BCUT2D eigenvalue weighted by molar-refractivity contribution is -0.136. The monoisotopic (exact) mass is 447 g/mol. The highest BCUT2D eigenvalue weighted by Crippen LogP contribution is 2.39. The van der Waals surface area contributed by atoms with Gasteiger partial charge in [-0.15, -0.1) is 0 Å². The van der Waals surface area contributed by atoms with E-state index in [1.165, 1.54) is 0 Å². The number of benzene rings is 1. The van der Waals surface area contributed by atoms with Crippen LogP contribution in [0.25, 0.3) is 0 Å². The zero-order chi connectivity index (χ0) is 22.7. The highest BCUT2D eigenvalue weighted by Gasteiger charge is 2.43. The van der Waals surface area contributed by atoms with Gasteiger partial charge in [-0.05, 0) is 37.8 Å². The second kappa shape index (κ2) is 9.28. The molecule has 9 heteroatoms. The highest BCUT2D eigenvalue weighted by atomic mass is 19.1. The van der Waals surface area contributed by atoms with E-state index < -0.39 is 35.3 Å². The first-order chi connectivity index (χ1) is 15.3. The minimum absolute atomic E-state index is 0.118. The van der Waals surface area contributed by atoms with Crippen molar-refractivity contribution in [1.29, 1.82) is 0 Å². The van der Waals surface area contributed by atoms with Crippen LogP contribution in [0.5, 0.6) is 0 Å². The number of pyridine rings is 1. The SMILES string of the molecule is O=C(NCC1CCC2(CCN(C(=O)Cc3c(F)cc(F)cc3F)CC2)O1)c1ccccn1. The molecule has 1 aromatic heterocycles. The maximum absolute atomic E-state index is 13.9. The molecule has 32 heavy (non-hydrogen) atoms. The zero-order valence-electron chi connectivity index (χ0n) is 17.5. The fourth-order valence-corrected chi connectivity index (χ4v) is 4.37. The molecule has 1 atom stereocenters. The number of amides is 2. The van der Waals surface area contributed by atoms with Crippen molar-refractivity contribution in [2.45, 2.75) is 43.8 Å². The van der Waals surface area contributed by atoms with Gasteiger partial charge in [0, 0.05) is 43.5 Å². The predicted octanol–water partition coefficient (Wildman–Crippen LogP) is 3.01. The van der Waals surface area contributed by atoms with Gasteiger partial charge in [0.2, 0.25) is 5.91 Å². The summed E-state index contributed by atoms with van der Waals surface area (Å²) in [5.41, 5.74) is -0.428. The highest BCUT2D eigenvalue weighted by molar-refractivity contribution is 5.92. The Hall–Kier alpha value is -2.94. The van der Waals surface area contributed by atoms with Crippen LogP contribution in [-0.2, 0) is 16.0 Å². The maximum Gasteiger partial charge on any atom is 0.269 e. The molecule has 1 unspecified atom stereocenters. The molecule has 0 aliphatic carbocycles. The molecule has 0 saturated carbocycles. The lowest BCUT2D eigenvalue weighted by Crippen LogP contribution is -2.47. The molecular weight excluding hydrogens is 423 g/mol. The Balaban J connectivity index is 1.26. The van der Waals surface area contributed by atoms with Gasteiger partial charge in [-0.1, -0.05) is 6.07 Å². The number of ether oxygens (including phenoxy) is 1. The Morgan fingerprint density at radius 3 is 2.50 bits per heavy atom. The van der Waals surface area contributed by atoms with Crippen LogP contribution in [0, 0.1) is 17.5 Å². The van der Waals surface area contributed by atoms with Crippen LogP contribution < -0.4 is 5.32 Å². The standard InChI is InChI=1S/C23H24F3N3O3/c24-15-11-18(25)17(19(26)12-15)13-21(30)29-9-6-23(7-10-29)5-4-16(32-23)14-28-22(31)20-3-1-2-8-27-20/h1-3,8,11-12,16H,4-7,9-10,13-14H2,(H,28,31). The normalized spacial score (nSPS) is 19.8. The lowest BCUT2D eigenvalue weighted by atomic mass is 9.88. The molecule has 1 N–H and O–H groups in total. The Morgan fingerprint density at radius 1 is 1.12 bits per heavy atom. The van der Waals surface area contributed by atoms with E-state index in [0.29, 0.717) is 50.3 Å². The third-order valence-corrected chi connectivity index (χ3v) is 6.19. The number of rotatable bonds is 5. The van der Waals surface area contributed by atoms with Gasteiger partial charge in [-0.25, -0.2) is 13.2 Å². The summed E-state index contributed by atoms with van der Waals surface area (Å²) in [6.07, 6.45) is 3.82. The smallest absolute Gasteiger partial charge is 0.269 e. The number of aromatic nitrogens is 1. The average Bonchev–Trinajstić information content (AvgIpc) is 3.18. The van der Waals surface area contributed by atoms with Crippen molar-refractivity contribution in [3.63, 3.8) is 0 Å². The summed E-state index contributed by atoms with van der Waals surface area (Å²) in [5.74, 6) is -3.78. The van der Waals surface area contributed by atoms with E-state index in [0.717, 1.165) is 12.8 Å². The number of hydrogen-bond acceptors (Lipinski definition) is 4. The van der Waals surface area contributed by atoms with Gasteiger partial charge < -0.3 is 15.0 Å². The van der Waals surface area contributed by atoms with E-state index in [2.05, 4.69) is 10.3 Å². The number of nitrogens with zero attached hydrogens (tertiary/aromatic N) is 2. The Bertz CT molecular complexity index is 971. The summed E-state index contributed by atoms with van der Waals surface area (Å²) in [4.78, 5) is 30.3. The van der Waals surface area contributed by atoms with Crippen LogP contribution >= 0.6 is 0 Å². The molecule has 3 heterocycles. The van der Waals surface area contributed by atoms with Crippen LogP contribution in [0.2, 0.25) is 0 Å². The van der Waals surface area contributed by atoms with E-state index >= 15 is 0 Å². The molecule has 4 rings (SSSR count). The molecule has 2 aliphatic heterocycles. The van der Waals surface area contributed by atoms with Crippen molar-refractivity contribution in [3.05, 3.63) is 65.2 Å². The quantitative estimate of drug-likeness (QED) is 0.765. The summed E-state index contributed by atoms with van der Waals surface area (Å²) in [7, 11) is 0. The average molecular weight is 447 g/mol. The summed E-state index contributed by atoms with van der Waals surface area (Å²) < 4.78 is 47.0. The van der Waals surface area contributed by atoms with Crippen LogP contribution in [0.3, 0.4) is 0 Å². The van der Waals surface area contributed by atoms with Crippen LogP contribution in [0.15, 0.2) is 36.5 Å². The van der Waals surface area contributed by atoms with Crippen LogP contribution in [0.4, 0.5) is 13.2 Å². The largest absolute Gasteiger partial charge is 0.370 e. The van der Waals surface area contributed by atoms with E-state index in [-0.39, 0.29) is 17.6 Å². The van der Waals surface area contributed by atoms with Crippen molar-refractivity contribution < 1.29 is 27.5 Å². The van der Waals surface area contributed by atoms with E-state index in [1.807, 2.05) is 0 Å². The summed E-state index contributed by atoms with van der Waals surface area (Å²) in [6, 6.07) is 6.29. The second-order valence-electron chi connectivity index (χ2n) is 8.29. The fourth-order valence-electron chi connectivity index (χ4n) is 4.37. The number of carbonyl (C=O) groups is 2. The van der Waals surface area contributed by atoms with E-state index in [9.17, 15) is 22.8 Å². The van der Waals surface area contributed by atoms with Crippen molar-refractivity contribution >= 4 is 11.8 Å². The van der Waals surface area contributed by atoms with E-state index in [1.54, 1.807) is 29.3 Å². The first-order valence-corrected chi connectivity index (χ1v) is 10.6. The van der Waals surface area contributed by atoms with Gasteiger partial charge >= 0.3 is 0 Å². The molecule has 6 nitrogen and oxygen atoms in total. The van der Waals surface area contributed by atoms with Gasteiger partial charge in [-0.3, -0.25) is 14.6 Å². The molecule has 170 valence electrons. The molecule has 1 aromatic carbocycles. The summed E-state index contributed by atoms with van der Waals surface area (Å²) >= 11 is 0. The van der Waals surface area contributed by atoms with Crippen LogP contribution in [0.1, 0.15) is 41.7 Å². The Morgan fingerprint density at radius 2 is 1.84 bits per heavy atom. The number of nitrogens with one attached hydrogen (secondary N) is 1. The van der Waals surface area contributed by atoms with Gasteiger partial charge in [0.15, 0.2) is 0 Å². The fraction of sp³-hybridized carbons (Fsp3) is 0.435. The van der Waals surface area contributed by atoms with Gasteiger partial charge in [0.25, 0.3) is 5.91 Å². The number of piperidine rings is 1. The molecule has 0 radical (unpaired) electrons. The minimum atomic E-state index is -1.06. The van der Waals surface area contributed by atoms with Gasteiger partial charge in [0.05, 0.1) is 18.1 Å². The van der Waals surface area contributed by atoms with Gasteiger partial charge in [0.1, 0.15) is 23.1 Å². The molecule has 2 amide bonds. The number of halogens is 3. The number of likely N-dealkylation sites (tertiary alicyclic amines) is 1. The second-order valence-corrected chi connectivity index (χ2v) is 8.29. The molecule has 0 bridgehead atoms. The van der Waals surface area contributed by atoms with E-state index in [4.69, 9.17) is 4.74 Å². The maximum atomic E-state index is 13.9. The van der Waals surface area contributed by atoms with Crippen molar-refractivity contribution in [2.75, 3.05) is 19.6 Å². The molecule has 2 saturated heterocycles. The lowest BCUT2D eigenvalue weighted by Gasteiger charge is -2.39. The topological polar surface area (TPSA) is 71.5 Å². The number of hydrogen-bond donors (Lipinski definition) is 1. The summed E-state index contributed by atoms with van der Waals surface area (Å²) in [5, 5.41) is 2.84. The Kier molecular flexibility index (Phi) is 6.45. The molecule has 1 spiro atoms. The minimum Gasteiger partial charge on any atom is -0.370 e. The molecule has 2 aromatic rings. The summed E-state index contributed by atoms with van der Waals surface area (Å²) in [6.45, 7) is 1.20. The zero-order valence-corrected chi connectivity index (χ0v) is 17.5. The first-order valence-electron chi connectivity index (χ1n) is 10.6. The molecule has 2 aliphatic rings. The van der Waals surface area contributed by atoms with Crippen molar-refractivity contribution in [2.24, 2.45) is 0 Å². The molecular formula is C23H24F3N3O3. The Labute approximate surface area is 183 Å². The van der Waals surface area contributed by atoms with Crippen molar-refractivity contribution in [1.82, 2.24) is 15.2 Å². The van der Waals surface area contributed by atoms with Gasteiger partial charge in [-0.2, -0.15) is 0 Å².